The number of hydrogen-bond donors (Lipinski definition) is 3. The first-order valence-electron chi connectivity index (χ1n) is 11.4. The smallest absolute Gasteiger partial charge is 0.322 e. The molecule has 3 N–H and O–H groups in total. The van der Waals surface area contributed by atoms with Crippen LogP contribution in [0.15, 0.2) is 0 Å². The van der Waals surface area contributed by atoms with E-state index in [1.54, 1.807) is 0 Å². The van der Waals surface area contributed by atoms with Gasteiger partial charge in [0.1, 0.15) is 6.10 Å². The van der Waals surface area contributed by atoms with Crippen LogP contribution in [0.3, 0.4) is 0 Å². The second-order valence-corrected chi connectivity index (χ2v) is 10.4. The number of esters is 1. The highest BCUT2D eigenvalue weighted by Gasteiger charge is 2.17. The Kier molecular flexibility index (Phi) is 19.9. The monoisotopic (exact) mass is 454 g/mol. The molecule has 0 aliphatic heterocycles. The van der Waals surface area contributed by atoms with Gasteiger partial charge in [0.25, 0.3) is 0 Å². The van der Waals surface area contributed by atoms with Crippen molar-refractivity contribution in [1.29, 1.82) is 0 Å². The number of ether oxygens (including phenoxy) is 1. The number of hydrogen-bond acceptors (Lipinski definition) is 5. The molecule has 0 aliphatic rings. The molecule has 0 bridgehead atoms. The van der Waals surface area contributed by atoms with Crippen molar-refractivity contribution in [1.82, 2.24) is 0 Å². The maximum absolute atomic E-state index is 11.7. The molecule has 1 atom stereocenters. The predicted molar refractivity (Wildman–Crippen MR) is 121 cm³/mol. The number of rotatable bonds is 21. The zero-order valence-electron chi connectivity index (χ0n) is 18.2. The van der Waals surface area contributed by atoms with Gasteiger partial charge in [0.2, 0.25) is 0 Å². The van der Waals surface area contributed by atoms with Gasteiger partial charge in [0, 0.05) is 6.42 Å². The average Bonchev–Trinajstić information content (AvgIpc) is 2.67. The molecule has 0 fully saturated rings. The highest BCUT2D eigenvalue weighted by Crippen LogP contribution is 2.36. The molecule has 0 aliphatic carbocycles. The van der Waals surface area contributed by atoms with E-state index in [9.17, 15) is 4.79 Å². The zero-order chi connectivity index (χ0) is 21.8. The minimum absolute atomic E-state index is 0.293. The van der Waals surface area contributed by atoms with Crippen LogP contribution in [0.4, 0.5) is 0 Å². The van der Waals surface area contributed by atoms with Crippen molar-refractivity contribution in [2.24, 2.45) is 0 Å². The van der Waals surface area contributed by atoms with Gasteiger partial charge in [-0.3, -0.25) is 4.79 Å². The summed E-state index contributed by atoms with van der Waals surface area (Å²) in [4.78, 5) is 29.7. The van der Waals surface area contributed by atoms with Gasteiger partial charge in [-0.05, 0) is 18.2 Å². The Bertz CT molecular complexity index is 429. The summed E-state index contributed by atoms with van der Waals surface area (Å²) in [5.74, 6) is -0.411. The van der Waals surface area contributed by atoms with Crippen molar-refractivity contribution < 1.29 is 28.9 Å². The molecule has 8 heteroatoms. The van der Waals surface area contributed by atoms with Crippen LogP contribution in [0.2, 0.25) is 0 Å². The summed E-state index contributed by atoms with van der Waals surface area (Å²) < 4.78 is 9.66. The Morgan fingerprint density at radius 2 is 1.24 bits per heavy atom. The van der Waals surface area contributed by atoms with Crippen molar-refractivity contribution >= 4 is 24.5 Å². The van der Waals surface area contributed by atoms with Gasteiger partial charge in [-0.25, -0.2) is 0 Å². The van der Waals surface area contributed by atoms with Crippen molar-refractivity contribution in [2.75, 3.05) is 13.2 Å². The Morgan fingerprint density at radius 3 is 1.62 bits per heavy atom. The molecule has 0 aromatic carbocycles. The Labute approximate surface area is 182 Å². The summed E-state index contributed by atoms with van der Waals surface area (Å²) >= 11 is 4.32. The molecule has 0 rings (SSSR count). The lowest BCUT2D eigenvalue weighted by Crippen LogP contribution is -2.26. The molecular weight excluding hydrogens is 411 g/mol. The highest BCUT2D eigenvalue weighted by molar-refractivity contribution is 8.06. The molecule has 174 valence electrons. The van der Waals surface area contributed by atoms with E-state index < -0.39 is 25.4 Å². The minimum Gasteiger partial charge on any atom is -0.457 e. The molecular formula is C21H43O6PS. The quantitative estimate of drug-likeness (QED) is 0.122. The summed E-state index contributed by atoms with van der Waals surface area (Å²) in [6, 6.07) is 0. The molecule has 1 unspecified atom stereocenters. The third-order valence-electron chi connectivity index (χ3n) is 4.91. The third kappa shape index (κ3) is 22.5. The number of carbonyl (C=O) groups is 1. The lowest BCUT2D eigenvalue weighted by atomic mass is 10.0. The van der Waals surface area contributed by atoms with Gasteiger partial charge >= 0.3 is 12.7 Å². The maximum Gasteiger partial charge on any atom is 0.322 e. The van der Waals surface area contributed by atoms with Gasteiger partial charge < -0.3 is 24.2 Å². The number of carbonyl (C=O) groups excluding carboxylic acids is 1. The second-order valence-electron chi connectivity index (χ2n) is 7.78. The van der Waals surface area contributed by atoms with Gasteiger partial charge in [-0.1, -0.05) is 96.8 Å². The van der Waals surface area contributed by atoms with Gasteiger partial charge in [0.15, 0.2) is 0 Å². The summed E-state index contributed by atoms with van der Waals surface area (Å²) in [5.41, 5.74) is 0. The molecule has 0 amide bonds. The first-order valence-corrected chi connectivity index (χ1v) is 14.0. The molecule has 6 nitrogen and oxygen atoms in total. The third-order valence-corrected chi connectivity index (χ3v) is 5.72. The predicted octanol–water partition coefficient (Wildman–Crippen LogP) is 5.38. The van der Waals surface area contributed by atoms with E-state index >= 15 is 0 Å². The largest absolute Gasteiger partial charge is 0.457 e. The van der Waals surface area contributed by atoms with Crippen LogP contribution >= 0.6 is 6.72 Å². The molecule has 29 heavy (non-hydrogen) atoms. The Balaban J connectivity index is 3.41. The molecule has 0 saturated heterocycles. The van der Waals surface area contributed by atoms with E-state index in [1.807, 2.05) is 0 Å². The average molecular weight is 455 g/mol. The second kappa shape index (κ2) is 19.9. The minimum atomic E-state index is -3.80. The van der Waals surface area contributed by atoms with Crippen molar-refractivity contribution in [3.63, 3.8) is 0 Å². The molecule has 0 spiro atoms. The van der Waals surface area contributed by atoms with Crippen molar-refractivity contribution in [2.45, 2.75) is 116 Å². The van der Waals surface area contributed by atoms with E-state index in [0.29, 0.717) is 6.42 Å². The van der Waals surface area contributed by atoms with Crippen LogP contribution in [0.1, 0.15) is 110 Å². The van der Waals surface area contributed by atoms with Gasteiger partial charge in [0.05, 0.1) is 13.2 Å². The van der Waals surface area contributed by atoms with E-state index in [1.165, 1.54) is 77.0 Å². The van der Waals surface area contributed by atoms with Gasteiger partial charge in [-0.15, -0.1) is 0 Å². The van der Waals surface area contributed by atoms with Crippen LogP contribution in [-0.4, -0.2) is 40.2 Å². The normalized spacial score (nSPS) is 12.8. The zero-order valence-corrected chi connectivity index (χ0v) is 19.9. The molecule has 0 heterocycles. The van der Waals surface area contributed by atoms with Crippen LogP contribution in [-0.2, 0) is 25.9 Å². The highest BCUT2D eigenvalue weighted by atomic mass is 32.5. The standard InChI is InChI=1S/C21H43O6PS/c1-2-3-4-5-6-7-8-9-10-11-12-13-14-15-16-17-21(23)27-20(18-22)19-26-28(24,25)29/h20,22H,2-19H2,1H3,(H2,24,25,29). The lowest BCUT2D eigenvalue weighted by Gasteiger charge is -2.17. The Hall–Kier alpha value is -0.0400. The molecule has 0 radical (unpaired) electrons. The fraction of sp³-hybridized carbons (Fsp3) is 0.952. The summed E-state index contributed by atoms with van der Waals surface area (Å²) in [7, 11) is 0. The summed E-state index contributed by atoms with van der Waals surface area (Å²) in [5, 5.41) is 9.13. The van der Waals surface area contributed by atoms with E-state index in [-0.39, 0.29) is 6.61 Å². The van der Waals surface area contributed by atoms with Crippen molar-refractivity contribution in [3.8, 4) is 0 Å². The van der Waals surface area contributed by atoms with Crippen LogP contribution in [0, 0.1) is 0 Å². The fourth-order valence-corrected chi connectivity index (χ4v) is 3.73. The lowest BCUT2D eigenvalue weighted by molar-refractivity contribution is -0.153. The molecule has 0 aromatic rings. The number of aliphatic hydroxyl groups is 1. The van der Waals surface area contributed by atoms with Crippen LogP contribution < -0.4 is 0 Å². The summed E-state index contributed by atoms with van der Waals surface area (Å²) in [6.45, 7) is -2.30. The van der Waals surface area contributed by atoms with Crippen molar-refractivity contribution in [3.05, 3.63) is 0 Å². The van der Waals surface area contributed by atoms with Crippen LogP contribution in [0.5, 0.6) is 0 Å². The van der Waals surface area contributed by atoms with E-state index in [2.05, 4.69) is 23.3 Å². The van der Waals surface area contributed by atoms with Crippen LogP contribution in [0.25, 0.3) is 0 Å². The topological polar surface area (TPSA) is 96.2 Å². The Morgan fingerprint density at radius 1 is 0.828 bits per heavy atom. The first kappa shape index (κ1) is 29.0. The first-order chi connectivity index (χ1) is 13.9. The van der Waals surface area contributed by atoms with E-state index in [0.717, 1.165) is 19.3 Å². The number of aliphatic hydroxyl groups excluding tert-OH is 1. The van der Waals surface area contributed by atoms with E-state index in [4.69, 9.17) is 19.6 Å². The molecule has 0 saturated carbocycles. The number of unbranched alkanes of at least 4 members (excludes halogenated alkanes) is 14. The maximum atomic E-state index is 11.7. The SMILES string of the molecule is CCCCCCCCCCCCCCCCCC(=O)OC(CO)COP(O)(O)=S. The summed E-state index contributed by atoms with van der Waals surface area (Å²) in [6.07, 6.45) is 18.4. The molecule has 0 aromatic heterocycles. The van der Waals surface area contributed by atoms with Gasteiger partial charge in [-0.2, -0.15) is 0 Å². The fourth-order valence-electron chi connectivity index (χ4n) is 3.19.